The third-order valence-corrected chi connectivity index (χ3v) is 4.21. The number of methoxy groups -OCH3 is 1. The molecule has 0 aromatic heterocycles. The molecule has 0 spiro atoms. The van der Waals surface area contributed by atoms with Gasteiger partial charge in [-0.25, -0.2) is 0 Å². The maximum atomic E-state index is 12.3. The fourth-order valence-electron chi connectivity index (χ4n) is 2.16. The molecule has 0 saturated heterocycles. The van der Waals surface area contributed by atoms with Crippen LogP contribution in [0.4, 0.5) is 5.69 Å². The van der Waals surface area contributed by atoms with E-state index in [2.05, 4.69) is 5.32 Å². The van der Waals surface area contributed by atoms with Crippen molar-refractivity contribution in [3.05, 3.63) is 51.1 Å². The van der Waals surface area contributed by atoms with Gasteiger partial charge in [0.15, 0.2) is 18.1 Å². The van der Waals surface area contributed by atoms with Gasteiger partial charge in [-0.1, -0.05) is 0 Å². The molecule has 2 aromatic carbocycles. The highest BCUT2D eigenvalue weighted by atomic mass is 127. The number of rotatable bonds is 7. The number of hydrogen-bond acceptors (Lipinski definition) is 6. The van der Waals surface area contributed by atoms with Crippen molar-refractivity contribution in [3.63, 3.8) is 0 Å². The van der Waals surface area contributed by atoms with Crippen molar-refractivity contribution in [1.29, 1.82) is 5.26 Å². The normalized spacial score (nSPS) is 10.7. The minimum absolute atomic E-state index is 0.0642. The molecule has 28 heavy (non-hydrogen) atoms. The van der Waals surface area contributed by atoms with Crippen molar-refractivity contribution < 1.29 is 24.2 Å². The predicted molar refractivity (Wildman–Crippen MR) is 111 cm³/mol. The van der Waals surface area contributed by atoms with Crippen LogP contribution in [-0.2, 0) is 9.59 Å². The average molecular weight is 493 g/mol. The van der Waals surface area contributed by atoms with E-state index in [9.17, 15) is 20.0 Å². The molecule has 0 unspecified atom stereocenters. The molecule has 0 radical (unpaired) electrons. The summed E-state index contributed by atoms with van der Waals surface area (Å²) >= 11 is 1.99. The molecule has 144 valence electrons. The number of carbonyl (C=O) groups excluding carboxylic acids is 2. The quantitative estimate of drug-likeness (QED) is 0.235. The largest absolute Gasteiger partial charge is 0.508 e. The first-order valence-electron chi connectivity index (χ1n) is 7.85. The number of phenolic OH excluding ortho intramolecular Hbond substituents is 1. The van der Waals surface area contributed by atoms with E-state index in [0.29, 0.717) is 26.3 Å². The zero-order valence-electron chi connectivity index (χ0n) is 14.7. The van der Waals surface area contributed by atoms with Crippen LogP contribution in [0.1, 0.15) is 5.56 Å². The second kappa shape index (κ2) is 9.61. The predicted octanol–water partition coefficient (Wildman–Crippen LogP) is 2.42. The van der Waals surface area contributed by atoms with Gasteiger partial charge < -0.3 is 25.6 Å². The third-order valence-electron chi connectivity index (χ3n) is 3.41. The second-order valence-electron chi connectivity index (χ2n) is 5.46. The lowest BCUT2D eigenvalue weighted by molar-refractivity contribution is -0.120. The molecule has 0 bridgehead atoms. The first-order chi connectivity index (χ1) is 13.3. The maximum absolute atomic E-state index is 12.3. The standard InChI is InChI=1S/C19H16IN3O5/c1-27-16-8-11(7-15(20)18(16)28-10-17(22)25)6-12(9-21)19(26)23-13-2-4-14(24)5-3-13/h2-8,24H,10H2,1H3,(H2,22,25)(H,23,26)/b12-6+. The lowest BCUT2D eigenvalue weighted by Crippen LogP contribution is -2.20. The molecule has 9 heteroatoms. The van der Waals surface area contributed by atoms with Gasteiger partial charge in [-0.3, -0.25) is 9.59 Å². The van der Waals surface area contributed by atoms with Crippen LogP contribution in [0.5, 0.6) is 17.2 Å². The van der Waals surface area contributed by atoms with Crippen LogP contribution in [0.3, 0.4) is 0 Å². The Balaban J connectivity index is 2.28. The number of nitriles is 1. The van der Waals surface area contributed by atoms with E-state index in [1.165, 1.54) is 37.5 Å². The van der Waals surface area contributed by atoms with Gasteiger partial charge >= 0.3 is 0 Å². The monoisotopic (exact) mass is 493 g/mol. The highest BCUT2D eigenvalue weighted by molar-refractivity contribution is 14.1. The van der Waals surface area contributed by atoms with Crippen molar-refractivity contribution in [1.82, 2.24) is 0 Å². The Hall–Kier alpha value is -3.26. The Morgan fingerprint density at radius 1 is 1.32 bits per heavy atom. The van der Waals surface area contributed by atoms with Crippen LogP contribution in [-0.4, -0.2) is 30.6 Å². The summed E-state index contributed by atoms with van der Waals surface area (Å²) in [6.07, 6.45) is 1.40. The summed E-state index contributed by atoms with van der Waals surface area (Å²) in [5.41, 5.74) is 5.93. The Kier molecular flexibility index (Phi) is 7.22. The molecule has 4 N–H and O–H groups in total. The van der Waals surface area contributed by atoms with Crippen molar-refractivity contribution in [3.8, 4) is 23.3 Å². The Bertz CT molecular complexity index is 965. The molecule has 0 atom stereocenters. The van der Waals surface area contributed by atoms with E-state index < -0.39 is 11.8 Å². The number of ether oxygens (including phenoxy) is 2. The maximum Gasteiger partial charge on any atom is 0.266 e. The molecule has 8 nitrogen and oxygen atoms in total. The lowest BCUT2D eigenvalue weighted by Gasteiger charge is -2.12. The van der Waals surface area contributed by atoms with Gasteiger partial charge in [0.25, 0.3) is 11.8 Å². The summed E-state index contributed by atoms with van der Waals surface area (Å²) in [4.78, 5) is 23.3. The van der Waals surface area contributed by atoms with Gasteiger partial charge in [0.05, 0.1) is 10.7 Å². The first-order valence-corrected chi connectivity index (χ1v) is 8.92. The zero-order chi connectivity index (χ0) is 20.7. The molecule has 2 aromatic rings. The van der Waals surface area contributed by atoms with Crippen LogP contribution >= 0.6 is 22.6 Å². The summed E-state index contributed by atoms with van der Waals surface area (Å²) < 4.78 is 11.2. The lowest BCUT2D eigenvalue weighted by atomic mass is 10.1. The number of anilines is 1. The number of nitrogens with zero attached hydrogens (tertiary/aromatic N) is 1. The molecular formula is C19H16IN3O5. The first kappa shape index (κ1) is 21.0. The molecule has 0 aliphatic rings. The third kappa shape index (κ3) is 5.62. The summed E-state index contributed by atoms with van der Waals surface area (Å²) in [6, 6.07) is 11.0. The smallest absolute Gasteiger partial charge is 0.266 e. The summed E-state index contributed by atoms with van der Waals surface area (Å²) in [6.45, 7) is -0.306. The van der Waals surface area contributed by atoms with E-state index in [1.54, 1.807) is 12.1 Å². The number of phenols is 1. The van der Waals surface area contributed by atoms with E-state index in [1.807, 2.05) is 28.7 Å². The SMILES string of the molecule is COc1cc(/C=C(\C#N)C(=O)Nc2ccc(O)cc2)cc(I)c1OCC(N)=O. The molecule has 0 heterocycles. The Labute approximate surface area is 174 Å². The Morgan fingerprint density at radius 2 is 2.00 bits per heavy atom. The fraction of sp³-hybridized carbons (Fsp3) is 0.105. The fourth-order valence-corrected chi connectivity index (χ4v) is 2.95. The van der Waals surface area contributed by atoms with Crippen LogP contribution in [0.25, 0.3) is 6.08 Å². The van der Waals surface area contributed by atoms with Gasteiger partial charge in [-0.15, -0.1) is 0 Å². The Morgan fingerprint density at radius 3 is 2.57 bits per heavy atom. The number of benzene rings is 2. The molecular weight excluding hydrogens is 477 g/mol. The van der Waals surface area contributed by atoms with E-state index in [0.717, 1.165) is 0 Å². The van der Waals surface area contributed by atoms with E-state index >= 15 is 0 Å². The van der Waals surface area contributed by atoms with Crippen molar-refractivity contribution in [2.24, 2.45) is 5.73 Å². The number of primary amides is 1. The van der Waals surface area contributed by atoms with Gasteiger partial charge in [0, 0.05) is 5.69 Å². The van der Waals surface area contributed by atoms with Crippen molar-refractivity contribution in [2.45, 2.75) is 0 Å². The van der Waals surface area contributed by atoms with Crippen molar-refractivity contribution >= 4 is 46.2 Å². The van der Waals surface area contributed by atoms with Gasteiger partial charge in [-0.2, -0.15) is 5.26 Å². The van der Waals surface area contributed by atoms with Crippen LogP contribution in [0, 0.1) is 14.9 Å². The number of amides is 2. The van der Waals surface area contributed by atoms with Gasteiger partial charge in [-0.05, 0) is 70.6 Å². The average Bonchev–Trinajstić information content (AvgIpc) is 2.66. The number of nitrogens with one attached hydrogen (secondary N) is 1. The van der Waals surface area contributed by atoms with Gasteiger partial charge in [0.2, 0.25) is 0 Å². The molecule has 2 amide bonds. The van der Waals surface area contributed by atoms with Crippen LogP contribution in [0.2, 0.25) is 0 Å². The van der Waals surface area contributed by atoms with E-state index in [4.69, 9.17) is 15.2 Å². The van der Waals surface area contributed by atoms with Crippen LogP contribution < -0.4 is 20.5 Å². The highest BCUT2D eigenvalue weighted by Gasteiger charge is 2.14. The van der Waals surface area contributed by atoms with Crippen molar-refractivity contribution in [2.75, 3.05) is 19.0 Å². The zero-order valence-corrected chi connectivity index (χ0v) is 16.9. The molecule has 2 rings (SSSR count). The minimum atomic E-state index is -0.625. The highest BCUT2D eigenvalue weighted by Crippen LogP contribution is 2.34. The van der Waals surface area contributed by atoms with E-state index in [-0.39, 0.29) is 17.9 Å². The second-order valence-corrected chi connectivity index (χ2v) is 6.62. The molecule has 0 fully saturated rings. The summed E-state index contributed by atoms with van der Waals surface area (Å²) in [5, 5.41) is 21.2. The topological polar surface area (TPSA) is 135 Å². The molecule has 0 aliphatic heterocycles. The minimum Gasteiger partial charge on any atom is -0.508 e. The van der Waals surface area contributed by atoms with Crippen LogP contribution in [0.15, 0.2) is 42.0 Å². The molecule has 0 saturated carbocycles. The van der Waals surface area contributed by atoms with Gasteiger partial charge in [0.1, 0.15) is 17.4 Å². The summed E-state index contributed by atoms with van der Waals surface area (Å²) in [7, 11) is 1.43. The number of carbonyl (C=O) groups is 2. The number of nitrogens with two attached hydrogens (primary N) is 1. The number of hydrogen-bond donors (Lipinski definition) is 3. The molecule has 0 aliphatic carbocycles. The number of halogens is 1. The number of aromatic hydroxyl groups is 1. The summed E-state index contributed by atoms with van der Waals surface area (Å²) in [5.74, 6) is -0.494.